The van der Waals surface area contributed by atoms with Crippen molar-refractivity contribution in [3.05, 3.63) is 41.5 Å². The summed E-state index contributed by atoms with van der Waals surface area (Å²) < 4.78 is 5.21. The van der Waals surface area contributed by atoms with Crippen LogP contribution in [0, 0.1) is 6.92 Å². The molecule has 1 aromatic carbocycles. The smallest absolute Gasteiger partial charge is 0.241 e. The Kier molecular flexibility index (Phi) is 5.87. The zero-order valence-corrected chi connectivity index (χ0v) is 14.2. The van der Waals surface area contributed by atoms with Crippen molar-refractivity contribution in [1.29, 1.82) is 0 Å². The van der Waals surface area contributed by atoms with Crippen molar-refractivity contribution in [2.24, 2.45) is 0 Å². The summed E-state index contributed by atoms with van der Waals surface area (Å²) >= 11 is 0. The number of carbonyl (C=O) groups excluding carboxylic acids is 1. The summed E-state index contributed by atoms with van der Waals surface area (Å²) in [6.07, 6.45) is 0.735. The van der Waals surface area contributed by atoms with Crippen molar-refractivity contribution >= 4 is 11.6 Å². The van der Waals surface area contributed by atoms with Gasteiger partial charge in [-0.25, -0.2) is 0 Å². The highest BCUT2D eigenvalue weighted by Crippen LogP contribution is 2.12. The van der Waals surface area contributed by atoms with Gasteiger partial charge < -0.3 is 9.84 Å². The lowest BCUT2D eigenvalue weighted by atomic mass is 10.2. The lowest BCUT2D eigenvalue weighted by Crippen LogP contribution is -2.41. The summed E-state index contributed by atoms with van der Waals surface area (Å²) in [6, 6.07) is 7.47. The molecule has 0 aliphatic heterocycles. The third-order valence-electron chi connectivity index (χ3n) is 3.82. The number of aromatic nitrogens is 2. The van der Waals surface area contributed by atoms with Crippen molar-refractivity contribution in [2.45, 2.75) is 46.7 Å². The Bertz CT molecular complexity index is 636. The summed E-state index contributed by atoms with van der Waals surface area (Å²) in [5.74, 6) is 1.18. The molecule has 2 aromatic rings. The molecule has 6 nitrogen and oxygen atoms in total. The van der Waals surface area contributed by atoms with E-state index in [-0.39, 0.29) is 11.9 Å². The van der Waals surface area contributed by atoms with E-state index < -0.39 is 0 Å². The van der Waals surface area contributed by atoms with Crippen LogP contribution in [-0.2, 0) is 17.8 Å². The highest BCUT2D eigenvalue weighted by Gasteiger charge is 2.22. The van der Waals surface area contributed by atoms with E-state index in [1.165, 1.54) is 0 Å². The Morgan fingerprint density at radius 2 is 2.00 bits per heavy atom. The predicted molar refractivity (Wildman–Crippen MR) is 89.0 cm³/mol. The number of aryl methyl sites for hydroxylation is 2. The van der Waals surface area contributed by atoms with Crippen molar-refractivity contribution in [1.82, 2.24) is 15.0 Å². The molecule has 1 heterocycles. The molecule has 0 radical (unpaired) electrons. The van der Waals surface area contributed by atoms with Crippen molar-refractivity contribution in [2.75, 3.05) is 11.9 Å². The lowest BCUT2D eigenvalue weighted by Gasteiger charge is -2.25. The maximum Gasteiger partial charge on any atom is 0.241 e. The molecule has 124 valence electrons. The number of likely N-dealkylation sites (N-methyl/N-ethyl adjacent to an activating group) is 1. The molecular weight excluding hydrogens is 292 g/mol. The maximum atomic E-state index is 12.4. The van der Waals surface area contributed by atoms with Gasteiger partial charge in [-0.3, -0.25) is 9.69 Å². The number of nitrogens with zero attached hydrogens (tertiary/aromatic N) is 3. The number of nitrogens with one attached hydrogen (secondary N) is 1. The fourth-order valence-electron chi connectivity index (χ4n) is 2.24. The second-order valence-corrected chi connectivity index (χ2v) is 5.55. The maximum absolute atomic E-state index is 12.4. The average molecular weight is 316 g/mol. The van der Waals surface area contributed by atoms with Crippen LogP contribution < -0.4 is 5.32 Å². The van der Waals surface area contributed by atoms with Gasteiger partial charge in [0.1, 0.15) is 0 Å². The Morgan fingerprint density at radius 3 is 2.57 bits per heavy atom. The van der Waals surface area contributed by atoms with E-state index in [9.17, 15) is 4.79 Å². The van der Waals surface area contributed by atoms with Gasteiger partial charge in [0.25, 0.3) is 0 Å². The van der Waals surface area contributed by atoms with Crippen LogP contribution in [0.1, 0.15) is 38.0 Å². The van der Waals surface area contributed by atoms with E-state index >= 15 is 0 Å². The van der Waals surface area contributed by atoms with Crippen LogP contribution in [0.2, 0.25) is 0 Å². The minimum absolute atomic E-state index is 0.0501. The van der Waals surface area contributed by atoms with Crippen molar-refractivity contribution < 1.29 is 9.32 Å². The molecule has 1 aromatic heterocycles. The topological polar surface area (TPSA) is 71.3 Å². The van der Waals surface area contributed by atoms with Gasteiger partial charge in [0.05, 0.1) is 12.6 Å². The SMILES string of the molecule is CCc1noc(CN(CC)[C@@H](C)C(=O)Nc2ccc(C)cc2)n1. The minimum atomic E-state index is -0.293. The number of rotatable bonds is 7. The molecule has 1 N–H and O–H groups in total. The van der Waals surface area contributed by atoms with Crippen LogP contribution in [0.3, 0.4) is 0 Å². The molecule has 0 spiro atoms. The van der Waals surface area contributed by atoms with E-state index in [4.69, 9.17) is 4.52 Å². The van der Waals surface area contributed by atoms with Crippen LogP contribution in [-0.4, -0.2) is 33.5 Å². The number of anilines is 1. The summed E-state index contributed by atoms with van der Waals surface area (Å²) in [4.78, 5) is 18.7. The Balaban J connectivity index is 1.98. The fraction of sp³-hybridized carbons (Fsp3) is 0.471. The third kappa shape index (κ3) is 4.63. The molecular formula is C17H24N4O2. The van der Waals surface area contributed by atoms with E-state index in [0.717, 1.165) is 17.7 Å². The molecule has 2 rings (SSSR count). The molecule has 0 saturated heterocycles. The fourth-order valence-corrected chi connectivity index (χ4v) is 2.24. The van der Waals surface area contributed by atoms with Gasteiger partial charge in [0.15, 0.2) is 5.82 Å². The summed E-state index contributed by atoms with van der Waals surface area (Å²) in [6.45, 7) is 9.06. The van der Waals surface area contributed by atoms with E-state index in [2.05, 4.69) is 15.5 Å². The molecule has 0 unspecified atom stereocenters. The highest BCUT2D eigenvalue weighted by atomic mass is 16.5. The summed E-state index contributed by atoms with van der Waals surface area (Å²) in [5, 5.41) is 6.83. The molecule has 0 saturated carbocycles. The average Bonchev–Trinajstić information content (AvgIpc) is 3.01. The van der Waals surface area contributed by atoms with Gasteiger partial charge in [0.2, 0.25) is 11.8 Å². The van der Waals surface area contributed by atoms with Gasteiger partial charge in [-0.2, -0.15) is 4.98 Å². The van der Waals surface area contributed by atoms with Crippen LogP contribution in [0.4, 0.5) is 5.69 Å². The van der Waals surface area contributed by atoms with Gasteiger partial charge in [0, 0.05) is 12.1 Å². The molecule has 0 aliphatic carbocycles. The van der Waals surface area contributed by atoms with Gasteiger partial charge >= 0.3 is 0 Å². The Hall–Kier alpha value is -2.21. The van der Waals surface area contributed by atoms with Gasteiger partial charge in [-0.05, 0) is 32.5 Å². The first-order chi connectivity index (χ1) is 11.0. The largest absolute Gasteiger partial charge is 0.338 e. The Labute approximate surface area is 136 Å². The number of amides is 1. The standard InChI is InChI=1S/C17H24N4O2/c1-5-15-19-16(23-20-15)11-21(6-2)13(4)17(22)18-14-9-7-12(3)8-10-14/h7-10,13H,5-6,11H2,1-4H3,(H,18,22)/t13-/m0/s1. The number of carbonyl (C=O) groups is 1. The van der Waals surface area contributed by atoms with Crippen LogP contribution in [0.5, 0.6) is 0 Å². The highest BCUT2D eigenvalue weighted by molar-refractivity contribution is 5.94. The number of hydrogen-bond donors (Lipinski definition) is 1. The molecule has 0 bridgehead atoms. The molecule has 0 aliphatic rings. The predicted octanol–water partition coefficient (Wildman–Crippen LogP) is 2.79. The summed E-state index contributed by atoms with van der Waals surface area (Å²) in [7, 11) is 0. The molecule has 1 amide bonds. The quantitative estimate of drug-likeness (QED) is 0.850. The monoisotopic (exact) mass is 316 g/mol. The number of benzene rings is 1. The molecule has 0 fully saturated rings. The first kappa shape index (κ1) is 17.1. The van der Waals surface area contributed by atoms with Gasteiger partial charge in [-0.1, -0.05) is 36.7 Å². The zero-order valence-electron chi connectivity index (χ0n) is 14.2. The molecule has 1 atom stereocenters. The summed E-state index contributed by atoms with van der Waals surface area (Å²) in [5.41, 5.74) is 1.96. The van der Waals surface area contributed by atoms with Crippen molar-refractivity contribution in [3.8, 4) is 0 Å². The van der Waals surface area contributed by atoms with Crippen LogP contribution >= 0.6 is 0 Å². The molecule has 23 heavy (non-hydrogen) atoms. The van der Waals surface area contributed by atoms with Crippen LogP contribution in [0.15, 0.2) is 28.8 Å². The van der Waals surface area contributed by atoms with E-state index in [0.29, 0.717) is 24.8 Å². The molecule has 6 heteroatoms. The lowest BCUT2D eigenvalue weighted by molar-refractivity contribution is -0.121. The first-order valence-electron chi connectivity index (χ1n) is 7.96. The minimum Gasteiger partial charge on any atom is -0.338 e. The van der Waals surface area contributed by atoms with Crippen LogP contribution in [0.25, 0.3) is 0 Å². The van der Waals surface area contributed by atoms with E-state index in [1.807, 2.05) is 56.9 Å². The second-order valence-electron chi connectivity index (χ2n) is 5.55. The third-order valence-corrected chi connectivity index (χ3v) is 3.82. The number of hydrogen-bond acceptors (Lipinski definition) is 5. The van der Waals surface area contributed by atoms with Gasteiger partial charge in [-0.15, -0.1) is 0 Å². The van der Waals surface area contributed by atoms with Crippen molar-refractivity contribution in [3.63, 3.8) is 0 Å². The zero-order chi connectivity index (χ0) is 16.8. The van der Waals surface area contributed by atoms with E-state index in [1.54, 1.807) is 0 Å². The second kappa shape index (κ2) is 7.87. The normalized spacial score (nSPS) is 12.4. The Morgan fingerprint density at radius 1 is 1.30 bits per heavy atom. The first-order valence-corrected chi connectivity index (χ1v) is 7.96.